The fourth-order valence-corrected chi connectivity index (χ4v) is 4.46. The topological polar surface area (TPSA) is 76.2 Å². The highest BCUT2D eigenvalue weighted by molar-refractivity contribution is 6.05. The lowest BCUT2D eigenvalue weighted by molar-refractivity contribution is 0.00468. The van der Waals surface area contributed by atoms with Gasteiger partial charge in [-0.3, -0.25) is 9.89 Å². The summed E-state index contributed by atoms with van der Waals surface area (Å²) in [6.07, 6.45) is 8.65. The van der Waals surface area contributed by atoms with E-state index in [9.17, 15) is 4.79 Å². The van der Waals surface area contributed by atoms with Crippen LogP contribution in [0, 0.1) is 5.92 Å². The molecule has 2 unspecified atom stereocenters. The van der Waals surface area contributed by atoms with Gasteiger partial charge in [-0.25, -0.2) is 0 Å². The number of carbonyl (C=O) groups excluding carboxylic acids is 1. The second kappa shape index (κ2) is 9.55. The molecule has 0 spiro atoms. The van der Waals surface area contributed by atoms with Crippen LogP contribution in [0.5, 0.6) is 0 Å². The molecular weight excluding hydrogens is 366 g/mol. The van der Waals surface area contributed by atoms with Gasteiger partial charge in [0.1, 0.15) is 0 Å². The van der Waals surface area contributed by atoms with E-state index in [0.717, 1.165) is 61.8 Å². The van der Waals surface area contributed by atoms with Crippen LogP contribution in [0.2, 0.25) is 0 Å². The Balaban J connectivity index is 1.37. The third-order valence-electron chi connectivity index (χ3n) is 6.10. The van der Waals surface area contributed by atoms with E-state index >= 15 is 0 Å². The summed E-state index contributed by atoms with van der Waals surface area (Å²) in [4.78, 5) is 12.9. The van der Waals surface area contributed by atoms with E-state index in [0.29, 0.717) is 24.2 Å². The number of aromatic amines is 1. The molecule has 1 amide bonds. The van der Waals surface area contributed by atoms with Gasteiger partial charge in [-0.05, 0) is 49.3 Å². The van der Waals surface area contributed by atoms with Gasteiger partial charge in [-0.15, -0.1) is 0 Å². The highest BCUT2D eigenvalue weighted by Crippen LogP contribution is 2.29. The van der Waals surface area contributed by atoms with Crippen LogP contribution in [0.4, 0.5) is 5.69 Å². The van der Waals surface area contributed by atoms with E-state index < -0.39 is 0 Å². The summed E-state index contributed by atoms with van der Waals surface area (Å²) in [5.41, 5.74) is 3.40. The molecule has 156 valence electrons. The van der Waals surface area contributed by atoms with Gasteiger partial charge in [0.25, 0.3) is 5.91 Å². The summed E-state index contributed by atoms with van der Waals surface area (Å²) >= 11 is 0. The van der Waals surface area contributed by atoms with Crippen molar-refractivity contribution in [3.63, 3.8) is 0 Å². The minimum atomic E-state index is -0.126. The van der Waals surface area contributed by atoms with Gasteiger partial charge in [0.05, 0.1) is 30.2 Å². The molecule has 2 N–H and O–H groups in total. The monoisotopic (exact) mass is 397 g/mol. The number of benzene rings is 1. The molecule has 6 heteroatoms. The summed E-state index contributed by atoms with van der Waals surface area (Å²) in [5.74, 6) is 0.920. The summed E-state index contributed by atoms with van der Waals surface area (Å²) in [6, 6.07) is 7.93. The molecule has 1 aromatic heterocycles. The van der Waals surface area contributed by atoms with E-state index in [1.54, 1.807) is 6.20 Å². The predicted octanol–water partition coefficient (Wildman–Crippen LogP) is 4.65. The van der Waals surface area contributed by atoms with Crippen LogP contribution in [0.25, 0.3) is 0 Å². The van der Waals surface area contributed by atoms with Crippen molar-refractivity contribution in [3.05, 3.63) is 47.3 Å². The maximum absolute atomic E-state index is 12.9. The van der Waals surface area contributed by atoms with E-state index in [1.807, 2.05) is 24.3 Å². The Labute approximate surface area is 172 Å². The van der Waals surface area contributed by atoms with Crippen LogP contribution in [0.3, 0.4) is 0 Å². The largest absolute Gasteiger partial charge is 0.381 e. The standard InChI is InChI=1S/C23H31N3O3/c1-16-4-2-7-20(12-16)29-15-17-5-3-6-19(13-17)25-23(27)21-14-24-26-22(21)18-8-10-28-11-9-18/h3,5-6,13-14,16,18,20H,2,4,7-12,15H2,1H3,(H,24,26)(H,25,27). The van der Waals surface area contributed by atoms with Crippen molar-refractivity contribution in [1.82, 2.24) is 10.2 Å². The maximum Gasteiger partial charge on any atom is 0.259 e. The lowest BCUT2D eigenvalue weighted by Crippen LogP contribution is -2.21. The Kier molecular flexibility index (Phi) is 6.62. The molecule has 1 saturated carbocycles. The van der Waals surface area contributed by atoms with Crippen LogP contribution in [-0.2, 0) is 16.1 Å². The SMILES string of the molecule is CC1CCCC(OCc2cccc(NC(=O)c3cn[nH]c3C3CCOCC3)c2)C1. The van der Waals surface area contributed by atoms with Gasteiger partial charge in [0.15, 0.2) is 0 Å². The Bertz CT molecular complexity index is 813. The van der Waals surface area contributed by atoms with E-state index in [1.165, 1.54) is 12.8 Å². The minimum Gasteiger partial charge on any atom is -0.381 e. The fourth-order valence-electron chi connectivity index (χ4n) is 4.46. The highest BCUT2D eigenvalue weighted by Gasteiger charge is 2.24. The lowest BCUT2D eigenvalue weighted by Gasteiger charge is -2.26. The number of carbonyl (C=O) groups is 1. The number of anilines is 1. The van der Waals surface area contributed by atoms with Crippen molar-refractivity contribution in [3.8, 4) is 0 Å². The lowest BCUT2D eigenvalue weighted by atomic mass is 9.89. The number of rotatable bonds is 6. The number of nitrogens with one attached hydrogen (secondary N) is 2. The first-order valence-corrected chi connectivity index (χ1v) is 10.8. The van der Waals surface area contributed by atoms with Crippen LogP contribution >= 0.6 is 0 Å². The highest BCUT2D eigenvalue weighted by atomic mass is 16.5. The van der Waals surface area contributed by atoms with Gasteiger partial charge in [0, 0.05) is 24.8 Å². The summed E-state index contributed by atoms with van der Waals surface area (Å²) < 4.78 is 11.6. The molecule has 1 aliphatic heterocycles. The number of hydrogen-bond donors (Lipinski definition) is 2. The molecule has 1 saturated heterocycles. The molecule has 2 heterocycles. The zero-order valence-corrected chi connectivity index (χ0v) is 17.2. The smallest absolute Gasteiger partial charge is 0.259 e. The molecule has 2 fully saturated rings. The van der Waals surface area contributed by atoms with Crippen molar-refractivity contribution in [2.45, 2.75) is 64.1 Å². The first kappa shape index (κ1) is 20.1. The molecule has 2 atom stereocenters. The zero-order chi connectivity index (χ0) is 20.1. The molecule has 4 rings (SSSR count). The summed E-state index contributed by atoms with van der Waals surface area (Å²) in [5, 5.41) is 10.2. The average Bonchev–Trinajstić information content (AvgIpc) is 3.23. The fraction of sp³-hybridized carbons (Fsp3) is 0.565. The summed E-state index contributed by atoms with van der Waals surface area (Å²) in [6.45, 7) is 4.34. The Hall–Kier alpha value is -2.18. The normalized spacial score (nSPS) is 23.1. The number of amides is 1. The minimum absolute atomic E-state index is 0.126. The second-order valence-electron chi connectivity index (χ2n) is 8.44. The molecule has 29 heavy (non-hydrogen) atoms. The van der Waals surface area contributed by atoms with Crippen molar-refractivity contribution >= 4 is 11.6 Å². The molecular formula is C23H31N3O3. The zero-order valence-electron chi connectivity index (χ0n) is 17.2. The first-order valence-electron chi connectivity index (χ1n) is 10.8. The molecule has 0 bridgehead atoms. The molecule has 6 nitrogen and oxygen atoms in total. The number of H-pyrrole nitrogens is 1. The first-order chi connectivity index (χ1) is 14.2. The molecule has 2 aromatic rings. The van der Waals surface area contributed by atoms with Crippen molar-refractivity contribution in [2.75, 3.05) is 18.5 Å². The van der Waals surface area contributed by atoms with Crippen LogP contribution in [0.15, 0.2) is 30.5 Å². The van der Waals surface area contributed by atoms with Gasteiger partial charge >= 0.3 is 0 Å². The Morgan fingerprint density at radius 1 is 1.28 bits per heavy atom. The number of nitrogens with zero attached hydrogens (tertiary/aromatic N) is 1. The molecule has 2 aliphatic rings. The Morgan fingerprint density at radius 2 is 2.14 bits per heavy atom. The molecule has 1 aliphatic carbocycles. The number of aromatic nitrogens is 2. The maximum atomic E-state index is 12.9. The third kappa shape index (κ3) is 5.25. The summed E-state index contributed by atoms with van der Waals surface area (Å²) in [7, 11) is 0. The predicted molar refractivity (Wildman–Crippen MR) is 112 cm³/mol. The van der Waals surface area contributed by atoms with E-state index in [4.69, 9.17) is 9.47 Å². The van der Waals surface area contributed by atoms with Gasteiger partial charge in [-0.2, -0.15) is 5.10 Å². The van der Waals surface area contributed by atoms with Gasteiger partial charge < -0.3 is 14.8 Å². The van der Waals surface area contributed by atoms with Gasteiger partial charge in [-0.1, -0.05) is 31.9 Å². The van der Waals surface area contributed by atoms with Crippen LogP contribution in [-0.4, -0.2) is 35.4 Å². The van der Waals surface area contributed by atoms with Crippen LogP contribution < -0.4 is 5.32 Å². The van der Waals surface area contributed by atoms with E-state index in [2.05, 4.69) is 22.4 Å². The number of hydrogen-bond acceptors (Lipinski definition) is 4. The quantitative estimate of drug-likeness (QED) is 0.744. The van der Waals surface area contributed by atoms with Crippen molar-refractivity contribution in [2.24, 2.45) is 5.92 Å². The van der Waals surface area contributed by atoms with Crippen LogP contribution in [0.1, 0.15) is 73.0 Å². The van der Waals surface area contributed by atoms with Crippen molar-refractivity contribution in [1.29, 1.82) is 0 Å². The van der Waals surface area contributed by atoms with Crippen molar-refractivity contribution < 1.29 is 14.3 Å². The van der Waals surface area contributed by atoms with Gasteiger partial charge in [0.2, 0.25) is 0 Å². The Morgan fingerprint density at radius 3 is 2.97 bits per heavy atom. The third-order valence-corrected chi connectivity index (χ3v) is 6.10. The molecule has 0 radical (unpaired) electrons. The average molecular weight is 398 g/mol. The molecule has 1 aromatic carbocycles. The van der Waals surface area contributed by atoms with E-state index in [-0.39, 0.29) is 5.91 Å². The second-order valence-corrected chi connectivity index (χ2v) is 8.44. The number of ether oxygens (including phenoxy) is 2.